The zero-order valence-electron chi connectivity index (χ0n) is 12.4. The Bertz CT molecular complexity index is 694. The Balaban J connectivity index is 1.98. The Kier molecular flexibility index (Phi) is 5.13. The monoisotopic (exact) mass is 300 g/mol. The number of rotatable bonds is 5. The highest BCUT2D eigenvalue weighted by Crippen LogP contribution is 2.15. The topological polar surface area (TPSA) is 88.5 Å². The summed E-state index contributed by atoms with van der Waals surface area (Å²) in [6, 6.07) is 4.61. The largest absolute Gasteiger partial charge is 0.348 e. The predicted octanol–water partition coefficient (Wildman–Crippen LogP) is 2.36. The molecule has 0 saturated heterocycles. The maximum atomic E-state index is 13.2. The van der Waals surface area contributed by atoms with Crippen LogP contribution in [0.1, 0.15) is 11.1 Å². The fourth-order valence-electron chi connectivity index (χ4n) is 1.64. The van der Waals surface area contributed by atoms with E-state index in [2.05, 4.69) is 25.4 Å². The summed E-state index contributed by atoms with van der Waals surface area (Å²) in [6.07, 6.45) is 4.95. The van der Waals surface area contributed by atoms with Crippen molar-refractivity contribution in [2.45, 2.75) is 13.8 Å². The lowest BCUT2D eigenvalue weighted by molar-refractivity contribution is 0.618. The van der Waals surface area contributed by atoms with Gasteiger partial charge in [-0.1, -0.05) is 0 Å². The van der Waals surface area contributed by atoms with Gasteiger partial charge in [0.15, 0.2) is 0 Å². The van der Waals surface area contributed by atoms with Gasteiger partial charge in [0.05, 0.1) is 24.2 Å². The highest BCUT2D eigenvalue weighted by Gasteiger charge is 2.00. The molecule has 1 aromatic carbocycles. The van der Waals surface area contributed by atoms with Crippen molar-refractivity contribution in [1.82, 2.24) is 9.97 Å². The van der Waals surface area contributed by atoms with E-state index in [1.54, 1.807) is 31.5 Å². The van der Waals surface area contributed by atoms with E-state index in [1.165, 1.54) is 12.3 Å². The molecule has 0 spiro atoms. The minimum absolute atomic E-state index is 0.259. The number of hydrogen-bond donors (Lipinski definition) is 2. The summed E-state index contributed by atoms with van der Waals surface area (Å²) in [4.78, 5) is 12.5. The molecule has 0 aliphatic carbocycles. The summed E-state index contributed by atoms with van der Waals surface area (Å²) in [5.41, 5.74) is 2.66. The van der Waals surface area contributed by atoms with Crippen LogP contribution in [0.3, 0.4) is 0 Å². The first-order valence-electron chi connectivity index (χ1n) is 6.68. The molecule has 114 valence electrons. The fraction of sp³-hybridized carbons (Fsp3) is 0.200. The summed E-state index contributed by atoms with van der Waals surface area (Å²) in [6.45, 7) is 3.93. The van der Waals surface area contributed by atoms with Crippen LogP contribution in [0.15, 0.2) is 40.7 Å². The van der Waals surface area contributed by atoms with Crippen molar-refractivity contribution in [3.05, 3.63) is 47.5 Å². The molecule has 1 aromatic heterocycles. The van der Waals surface area contributed by atoms with Gasteiger partial charge in [0.2, 0.25) is 5.95 Å². The van der Waals surface area contributed by atoms with Gasteiger partial charge in [-0.15, -0.1) is 0 Å². The molecule has 0 fully saturated rings. The Labute approximate surface area is 128 Å². The third kappa shape index (κ3) is 4.34. The highest BCUT2D eigenvalue weighted by molar-refractivity contribution is 6.32. The average Bonchev–Trinajstić information content (AvgIpc) is 2.52. The van der Waals surface area contributed by atoms with Crippen molar-refractivity contribution < 1.29 is 4.39 Å². The molecule has 1 heterocycles. The maximum absolute atomic E-state index is 13.2. The van der Waals surface area contributed by atoms with Gasteiger partial charge in [0.25, 0.3) is 0 Å². The maximum Gasteiger partial charge on any atom is 0.222 e. The molecule has 0 unspecified atom stereocenters. The molecule has 2 rings (SSSR count). The number of aryl methyl sites for hydroxylation is 2. The zero-order chi connectivity index (χ0) is 15.9. The fourth-order valence-corrected chi connectivity index (χ4v) is 1.64. The summed E-state index contributed by atoms with van der Waals surface area (Å²) < 4.78 is 13.2. The van der Waals surface area contributed by atoms with Gasteiger partial charge >= 0.3 is 0 Å². The van der Waals surface area contributed by atoms with Crippen molar-refractivity contribution in [3.63, 3.8) is 0 Å². The minimum atomic E-state index is -0.259. The second-order valence-corrected chi connectivity index (χ2v) is 4.75. The average molecular weight is 300 g/mol. The number of halogens is 1. The van der Waals surface area contributed by atoms with Crippen LogP contribution in [-0.4, -0.2) is 28.4 Å². The Morgan fingerprint density at radius 1 is 1.32 bits per heavy atom. The number of aliphatic imine (C=N–C) groups is 1. The van der Waals surface area contributed by atoms with Gasteiger partial charge in [-0.25, -0.2) is 14.4 Å². The van der Waals surface area contributed by atoms with Gasteiger partial charge in [0, 0.05) is 12.4 Å². The molecule has 0 aliphatic heterocycles. The number of nitrogens with one attached hydrogen (secondary N) is 1. The number of aromatic nitrogens is 2. The molecular weight excluding hydrogens is 283 g/mol. The van der Waals surface area contributed by atoms with Crippen LogP contribution in [0.25, 0.3) is 0 Å². The van der Waals surface area contributed by atoms with E-state index in [0.29, 0.717) is 29.5 Å². The van der Waals surface area contributed by atoms with Crippen LogP contribution in [-0.2, 0) is 0 Å². The first-order chi connectivity index (χ1) is 10.6. The second-order valence-electron chi connectivity index (χ2n) is 4.75. The number of hydrogen-bond acceptors (Lipinski definition) is 6. The summed E-state index contributed by atoms with van der Waals surface area (Å²) >= 11 is 0. The number of benzene rings is 1. The van der Waals surface area contributed by atoms with Crippen molar-refractivity contribution >= 4 is 23.6 Å². The lowest BCUT2D eigenvalue weighted by atomic mass is 10.2. The number of nitrogens with two attached hydrogens (primary N) is 1. The van der Waals surface area contributed by atoms with E-state index in [0.717, 1.165) is 5.56 Å². The molecule has 0 aliphatic rings. The lowest BCUT2D eigenvalue weighted by Crippen LogP contribution is -2.18. The molecule has 0 saturated carbocycles. The van der Waals surface area contributed by atoms with E-state index >= 15 is 0 Å². The number of anilines is 1. The summed E-state index contributed by atoms with van der Waals surface area (Å²) in [5, 5.41) is 6.65. The van der Waals surface area contributed by atoms with Gasteiger partial charge in [-0.05, 0) is 43.2 Å². The standard InChI is InChI=1S/C15H17FN6/c1-10-6-19-15(20-7-10)21-9-13(22-17)8-18-12-3-4-14(16)11(2)5-12/h3-8H,9,17H2,1-2H3,(H,19,20,21). The quantitative estimate of drug-likeness (QED) is 0.504. The van der Waals surface area contributed by atoms with E-state index in [-0.39, 0.29) is 5.82 Å². The molecule has 22 heavy (non-hydrogen) atoms. The van der Waals surface area contributed by atoms with E-state index in [1.807, 2.05) is 6.92 Å². The smallest absolute Gasteiger partial charge is 0.222 e. The molecule has 0 atom stereocenters. The Morgan fingerprint density at radius 3 is 2.68 bits per heavy atom. The third-order valence-electron chi connectivity index (χ3n) is 2.88. The van der Waals surface area contributed by atoms with Gasteiger partial charge in [0.1, 0.15) is 5.82 Å². The molecule has 3 N–H and O–H groups in total. The number of nitrogens with zero attached hydrogens (tertiary/aromatic N) is 4. The molecule has 6 nitrogen and oxygen atoms in total. The van der Waals surface area contributed by atoms with Crippen molar-refractivity contribution in [2.75, 3.05) is 11.9 Å². The van der Waals surface area contributed by atoms with E-state index < -0.39 is 0 Å². The first kappa shape index (κ1) is 15.6. The normalized spacial score (nSPS) is 11.9. The summed E-state index contributed by atoms with van der Waals surface area (Å²) in [5.74, 6) is 5.56. The van der Waals surface area contributed by atoms with Crippen molar-refractivity contribution in [1.29, 1.82) is 0 Å². The highest BCUT2D eigenvalue weighted by atomic mass is 19.1. The van der Waals surface area contributed by atoms with Crippen molar-refractivity contribution in [3.8, 4) is 0 Å². The minimum Gasteiger partial charge on any atom is -0.348 e. The van der Waals surface area contributed by atoms with Gasteiger partial charge in [-0.3, -0.25) is 4.99 Å². The van der Waals surface area contributed by atoms with Crippen molar-refractivity contribution in [2.24, 2.45) is 15.9 Å². The SMILES string of the molecule is Cc1cnc(NCC(C=Nc2ccc(F)c(C)c2)=NN)nc1. The van der Waals surface area contributed by atoms with Gasteiger partial charge in [-0.2, -0.15) is 5.10 Å². The molecular formula is C15H17FN6. The molecule has 0 bridgehead atoms. The molecule has 7 heteroatoms. The summed E-state index contributed by atoms with van der Waals surface area (Å²) in [7, 11) is 0. The predicted molar refractivity (Wildman–Crippen MR) is 86.2 cm³/mol. The van der Waals surface area contributed by atoms with E-state index in [4.69, 9.17) is 5.84 Å². The Morgan fingerprint density at radius 2 is 2.05 bits per heavy atom. The van der Waals surface area contributed by atoms with E-state index in [9.17, 15) is 4.39 Å². The third-order valence-corrected chi connectivity index (χ3v) is 2.88. The van der Waals surface area contributed by atoms with Crippen LogP contribution in [0, 0.1) is 19.7 Å². The first-order valence-corrected chi connectivity index (χ1v) is 6.68. The Hall–Kier alpha value is -2.83. The zero-order valence-corrected chi connectivity index (χ0v) is 12.4. The molecule has 2 aromatic rings. The number of hydrazone groups is 1. The molecule has 0 radical (unpaired) electrons. The molecule has 0 amide bonds. The second kappa shape index (κ2) is 7.26. The lowest BCUT2D eigenvalue weighted by Gasteiger charge is -2.04. The van der Waals surface area contributed by atoms with Crippen LogP contribution >= 0.6 is 0 Å². The van der Waals surface area contributed by atoms with Crippen LogP contribution in [0.4, 0.5) is 16.0 Å². The van der Waals surface area contributed by atoms with Gasteiger partial charge < -0.3 is 11.2 Å². The van der Waals surface area contributed by atoms with Crippen LogP contribution in [0.2, 0.25) is 0 Å². The van der Waals surface area contributed by atoms with Crippen LogP contribution in [0.5, 0.6) is 0 Å². The van der Waals surface area contributed by atoms with Crippen LogP contribution < -0.4 is 11.2 Å².